The fourth-order valence-electron chi connectivity index (χ4n) is 5.76. The van der Waals surface area contributed by atoms with Crippen LogP contribution in [0.1, 0.15) is 48.0 Å². The van der Waals surface area contributed by atoms with E-state index in [2.05, 4.69) is 9.88 Å². The second-order valence-corrected chi connectivity index (χ2v) is 11.6. The van der Waals surface area contributed by atoms with E-state index in [9.17, 15) is 27.9 Å². The summed E-state index contributed by atoms with van der Waals surface area (Å²) >= 11 is 6.28. The van der Waals surface area contributed by atoms with Crippen molar-refractivity contribution in [2.45, 2.75) is 49.9 Å². The number of carbonyl (C=O) groups excluding carboxylic acids is 2. The van der Waals surface area contributed by atoms with Crippen molar-refractivity contribution in [3.05, 3.63) is 52.7 Å². The normalized spacial score (nSPS) is 21.0. The van der Waals surface area contributed by atoms with Crippen LogP contribution in [0.3, 0.4) is 0 Å². The third-order valence-electron chi connectivity index (χ3n) is 8.36. The number of piperidine rings is 1. The molecule has 224 valence electrons. The van der Waals surface area contributed by atoms with Gasteiger partial charge in [-0.1, -0.05) is 23.7 Å². The molecule has 2 aliphatic rings. The lowest BCUT2D eigenvalue weighted by molar-refractivity contribution is -0.262. The van der Waals surface area contributed by atoms with Crippen molar-refractivity contribution >= 4 is 29.2 Å². The molecule has 1 N–H and O–H groups in total. The number of likely N-dealkylation sites (N-methyl/N-ethyl adjacent to an activating group) is 1. The van der Waals surface area contributed by atoms with E-state index in [1.165, 1.54) is 31.2 Å². The van der Waals surface area contributed by atoms with E-state index in [0.29, 0.717) is 30.2 Å². The molecule has 0 radical (unpaired) electrons. The summed E-state index contributed by atoms with van der Waals surface area (Å²) in [6.45, 7) is 1.56. The highest BCUT2D eigenvalue weighted by molar-refractivity contribution is 6.32. The van der Waals surface area contributed by atoms with E-state index >= 15 is 0 Å². The Kier molecular flexibility index (Phi) is 9.08. The van der Waals surface area contributed by atoms with Gasteiger partial charge in [0.15, 0.2) is 0 Å². The number of rotatable bonds is 8. The summed E-state index contributed by atoms with van der Waals surface area (Å²) < 4.78 is 47.3. The highest BCUT2D eigenvalue weighted by Crippen LogP contribution is 2.44. The Hall–Kier alpha value is -3.05. The summed E-state index contributed by atoms with van der Waals surface area (Å²) in [5, 5.41) is 10.9. The van der Waals surface area contributed by atoms with Crippen LogP contribution in [0.25, 0.3) is 0 Å². The molecule has 2 amide bonds. The van der Waals surface area contributed by atoms with E-state index in [1.807, 2.05) is 0 Å². The summed E-state index contributed by atoms with van der Waals surface area (Å²) in [5.41, 5.74) is -3.88. The SMILES string of the molecule is COc1cccc(C(O)(C(=O)N(C)C2CC(CC3CCN(c4ccc(C(=O)N(C)C)c(Cl)n4)CC3)C2)C(F)(F)F)c1. The van der Waals surface area contributed by atoms with Gasteiger partial charge < -0.3 is 24.5 Å². The first-order valence-electron chi connectivity index (χ1n) is 13.6. The number of amides is 2. The number of ether oxygens (including phenoxy) is 1. The number of pyridine rings is 1. The zero-order valence-electron chi connectivity index (χ0n) is 23.6. The van der Waals surface area contributed by atoms with Gasteiger partial charge in [0.05, 0.1) is 12.7 Å². The van der Waals surface area contributed by atoms with Crippen LogP contribution in [0, 0.1) is 11.8 Å². The Labute approximate surface area is 243 Å². The molecule has 4 rings (SSSR count). The molecule has 12 heteroatoms. The highest BCUT2D eigenvalue weighted by Gasteiger charge is 2.62. The smallest absolute Gasteiger partial charge is 0.430 e. The molecule has 8 nitrogen and oxygen atoms in total. The average molecular weight is 597 g/mol. The third-order valence-corrected chi connectivity index (χ3v) is 8.65. The quantitative estimate of drug-likeness (QED) is 0.443. The van der Waals surface area contributed by atoms with Gasteiger partial charge >= 0.3 is 6.18 Å². The lowest BCUT2D eigenvalue weighted by Gasteiger charge is -2.45. The topological polar surface area (TPSA) is 86.2 Å². The molecular formula is C29H36ClF3N4O4. The van der Waals surface area contributed by atoms with Crippen molar-refractivity contribution in [2.75, 3.05) is 46.2 Å². The van der Waals surface area contributed by atoms with Crippen LogP contribution in [0.5, 0.6) is 5.75 Å². The standard InChI is InChI=1S/C29H36ClF3N4O4/c1-35(2)26(38)23-8-9-24(34-25(23)30)37-12-10-18(11-13-37)14-19-15-21(16-19)36(3)27(39)28(40,29(31,32)33)20-6-5-7-22(17-20)41-4/h5-9,17-19,21,40H,10-16H2,1-4H3. The zero-order chi connectivity index (χ0) is 30.1. The lowest BCUT2D eigenvalue weighted by atomic mass is 9.72. The Morgan fingerprint density at radius 2 is 1.76 bits per heavy atom. The van der Waals surface area contributed by atoms with E-state index in [1.54, 1.807) is 26.2 Å². The predicted molar refractivity (Wildman–Crippen MR) is 149 cm³/mol. The monoisotopic (exact) mass is 596 g/mol. The van der Waals surface area contributed by atoms with Gasteiger partial charge in [-0.2, -0.15) is 13.2 Å². The number of carbonyl (C=O) groups is 2. The number of aliphatic hydroxyl groups is 1. The number of methoxy groups -OCH3 is 1. The molecule has 1 aliphatic carbocycles. The first-order valence-corrected chi connectivity index (χ1v) is 14.0. The summed E-state index contributed by atoms with van der Waals surface area (Å²) in [6, 6.07) is 8.01. The minimum absolute atomic E-state index is 0.116. The summed E-state index contributed by atoms with van der Waals surface area (Å²) in [7, 11) is 5.94. The minimum Gasteiger partial charge on any atom is -0.497 e. The fourth-order valence-corrected chi connectivity index (χ4v) is 5.99. The van der Waals surface area contributed by atoms with Crippen molar-refractivity contribution in [3.8, 4) is 5.75 Å². The largest absolute Gasteiger partial charge is 0.497 e. The maximum Gasteiger partial charge on any atom is 0.430 e. The summed E-state index contributed by atoms with van der Waals surface area (Å²) in [4.78, 5) is 34.4. The van der Waals surface area contributed by atoms with E-state index in [0.717, 1.165) is 55.2 Å². The second-order valence-electron chi connectivity index (χ2n) is 11.2. The van der Waals surface area contributed by atoms with Crippen molar-refractivity contribution in [1.82, 2.24) is 14.8 Å². The number of hydrogen-bond acceptors (Lipinski definition) is 6. The van der Waals surface area contributed by atoms with Gasteiger partial charge in [-0.15, -0.1) is 0 Å². The number of hydrogen-bond donors (Lipinski definition) is 1. The Morgan fingerprint density at radius 3 is 2.32 bits per heavy atom. The van der Waals surface area contributed by atoms with Crippen molar-refractivity contribution in [3.63, 3.8) is 0 Å². The molecule has 2 aromatic rings. The van der Waals surface area contributed by atoms with E-state index in [4.69, 9.17) is 16.3 Å². The fraction of sp³-hybridized carbons (Fsp3) is 0.552. The van der Waals surface area contributed by atoms with Crippen LogP contribution in [-0.4, -0.2) is 85.3 Å². The van der Waals surface area contributed by atoms with Gasteiger partial charge in [0, 0.05) is 45.8 Å². The first-order chi connectivity index (χ1) is 19.3. The van der Waals surface area contributed by atoms with Gasteiger partial charge in [-0.3, -0.25) is 9.59 Å². The first kappa shape index (κ1) is 30.9. The molecular weight excluding hydrogens is 561 g/mol. The van der Waals surface area contributed by atoms with Crippen LogP contribution in [0.15, 0.2) is 36.4 Å². The molecule has 41 heavy (non-hydrogen) atoms. The molecule has 1 aromatic carbocycles. The maximum absolute atomic E-state index is 14.1. The lowest BCUT2D eigenvalue weighted by Crippen LogP contribution is -2.58. The molecule has 1 atom stereocenters. The number of anilines is 1. The third kappa shape index (κ3) is 6.25. The average Bonchev–Trinajstić information content (AvgIpc) is 2.92. The van der Waals surface area contributed by atoms with Crippen molar-refractivity contribution in [2.24, 2.45) is 11.8 Å². The molecule has 1 aliphatic heterocycles. The Bertz CT molecular complexity index is 1260. The minimum atomic E-state index is -5.21. The molecule has 1 unspecified atom stereocenters. The van der Waals surface area contributed by atoms with Crippen LogP contribution in [-0.2, 0) is 10.4 Å². The summed E-state index contributed by atoms with van der Waals surface area (Å²) in [6.07, 6.45) is -1.24. The van der Waals surface area contributed by atoms with Gasteiger partial charge in [-0.25, -0.2) is 4.98 Å². The second kappa shape index (κ2) is 12.1. The number of benzene rings is 1. The van der Waals surface area contributed by atoms with E-state index in [-0.39, 0.29) is 22.9 Å². The van der Waals surface area contributed by atoms with Crippen LogP contribution < -0.4 is 9.64 Å². The Morgan fingerprint density at radius 1 is 1.10 bits per heavy atom. The van der Waals surface area contributed by atoms with Crippen molar-refractivity contribution < 1.29 is 32.6 Å². The molecule has 2 heterocycles. The van der Waals surface area contributed by atoms with Gasteiger partial charge in [0.1, 0.15) is 16.7 Å². The van der Waals surface area contributed by atoms with Crippen LogP contribution >= 0.6 is 11.6 Å². The van der Waals surface area contributed by atoms with Gasteiger partial charge in [-0.05, 0) is 68.2 Å². The predicted octanol–water partition coefficient (Wildman–Crippen LogP) is 4.74. The van der Waals surface area contributed by atoms with Gasteiger partial charge in [0.25, 0.3) is 17.4 Å². The Balaban J connectivity index is 1.30. The molecule has 1 aromatic heterocycles. The maximum atomic E-state index is 14.1. The number of aromatic nitrogens is 1. The van der Waals surface area contributed by atoms with E-state index < -0.39 is 23.2 Å². The molecule has 0 spiro atoms. The number of nitrogens with zero attached hydrogens (tertiary/aromatic N) is 4. The molecule has 1 saturated carbocycles. The zero-order valence-corrected chi connectivity index (χ0v) is 24.4. The summed E-state index contributed by atoms with van der Waals surface area (Å²) in [5.74, 6) is -0.00749. The molecule has 1 saturated heterocycles. The highest BCUT2D eigenvalue weighted by atomic mass is 35.5. The number of alkyl halides is 3. The molecule has 2 fully saturated rings. The molecule has 0 bridgehead atoms. The van der Waals surface area contributed by atoms with Gasteiger partial charge in [0.2, 0.25) is 0 Å². The van der Waals surface area contributed by atoms with Crippen LogP contribution in [0.2, 0.25) is 5.15 Å². The van der Waals surface area contributed by atoms with Crippen LogP contribution in [0.4, 0.5) is 19.0 Å². The van der Waals surface area contributed by atoms with Crippen molar-refractivity contribution in [1.29, 1.82) is 0 Å². The number of halogens is 4.